The number of halogens is 1. The molecule has 0 saturated carbocycles. The first kappa shape index (κ1) is 4.33. The fourth-order valence-electron chi connectivity index (χ4n) is 0. The minimum Gasteiger partial charge on any atom is -0.0650 e. The van der Waals surface area contributed by atoms with Crippen molar-refractivity contribution in [1.82, 2.24) is 0 Å². The molecule has 4 heavy (non-hydrogen) atoms. The molecule has 2 heteroatoms. The average molecular weight is 94.5 g/mol. The van der Waals surface area contributed by atoms with Crippen molar-refractivity contribution in [3.8, 4) is 0 Å². The summed E-state index contributed by atoms with van der Waals surface area (Å²) in [7, 11) is 0. The lowest BCUT2D eigenvalue weighted by molar-refractivity contribution is 4.44. The zero-order chi connectivity index (χ0) is 3.58. The smallest absolute Gasteiger partial charge is 0.0443 e. The van der Waals surface area contributed by atoms with Gasteiger partial charge in [0.1, 0.15) is 0 Å². The zero-order valence-corrected chi connectivity index (χ0v) is 3.89. The second-order valence-corrected chi connectivity index (χ2v) is 2.82. The summed E-state index contributed by atoms with van der Waals surface area (Å²) >= 11 is 5.12. The first-order valence-corrected chi connectivity index (χ1v) is 3.42. The Morgan fingerprint density at radius 2 is 1.50 bits per heavy atom. The minimum atomic E-state index is -0.648. The first-order chi connectivity index (χ1) is 1.73. The van der Waals surface area contributed by atoms with E-state index in [0.717, 1.165) is 0 Å². The summed E-state index contributed by atoms with van der Waals surface area (Å²) in [4.78, 5) is 0. The Morgan fingerprint density at radius 3 is 1.50 bits per heavy atom. The lowest BCUT2D eigenvalue weighted by Gasteiger charge is -1.47. The molecular formula is C2H4ClP. The van der Waals surface area contributed by atoms with Gasteiger partial charge in [-0.15, -0.1) is 0 Å². The van der Waals surface area contributed by atoms with Gasteiger partial charge >= 0.3 is 0 Å². The van der Waals surface area contributed by atoms with Gasteiger partial charge in [0.15, 0.2) is 0 Å². The Hall–Kier alpha value is 0.330. The van der Waals surface area contributed by atoms with Gasteiger partial charge in [-0.05, 0) is 6.52 Å². The predicted octanol–water partition coefficient (Wildman–Crippen LogP) is 1.49. The van der Waals surface area contributed by atoms with Crippen LogP contribution < -0.4 is 0 Å². The summed E-state index contributed by atoms with van der Waals surface area (Å²) in [5.74, 6) is 0. The van der Waals surface area contributed by atoms with Crippen LogP contribution in [0.2, 0.25) is 0 Å². The first-order valence-electron chi connectivity index (χ1n) is 0.801. The van der Waals surface area contributed by atoms with E-state index >= 15 is 0 Å². The van der Waals surface area contributed by atoms with E-state index in [2.05, 4.69) is 12.6 Å². The summed E-state index contributed by atoms with van der Waals surface area (Å²) in [6.45, 7) is -0.648. The van der Waals surface area contributed by atoms with Crippen molar-refractivity contribution in [1.29, 1.82) is 0 Å². The van der Waals surface area contributed by atoms with E-state index in [0.29, 0.717) is 0 Å². The van der Waals surface area contributed by atoms with Crippen LogP contribution in [0.4, 0.5) is 0 Å². The highest BCUT2D eigenvalue weighted by molar-refractivity contribution is 7.79. The quantitative estimate of drug-likeness (QED) is 0.399. The maximum absolute atomic E-state index is 5.12. The van der Waals surface area contributed by atoms with E-state index in [1.165, 1.54) is 0 Å². The minimum absolute atomic E-state index is 0.648. The predicted molar refractivity (Wildman–Crippen MR) is 27.0 cm³/mol. The van der Waals surface area contributed by atoms with E-state index in [4.69, 9.17) is 11.2 Å². The van der Waals surface area contributed by atoms with Crippen LogP contribution in [0, 0.1) is 0 Å². The second-order valence-electron chi connectivity index (χ2n) is 0.463. The van der Waals surface area contributed by atoms with Crippen LogP contribution in [0.15, 0.2) is 0 Å². The molecule has 0 aromatic carbocycles. The molecule has 0 amide bonds. The maximum atomic E-state index is 5.12. The van der Waals surface area contributed by atoms with Crippen LogP contribution in [0.3, 0.4) is 0 Å². The van der Waals surface area contributed by atoms with Crippen molar-refractivity contribution in [3.05, 3.63) is 0 Å². The molecule has 0 nitrogen and oxygen atoms in total. The molecule has 0 radical (unpaired) electrons. The largest absolute Gasteiger partial charge is 0.0650 e. The van der Waals surface area contributed by atoms with Crippen molar-refractivity contribution in [2.24, 2.45) is 0 Å². The normalized spacial score (nSPS) is 6.25. The van der Waals surface area contributed by atoms with E-state index in [1.807, 2.05) is 0 Å². The standard InChI is InChI=1S/C2H4ClP/c1-4(2)3/h1-2H2. The van der Waals surface area contributed by atoms with Crippen molar-refractivity contribution in [3.63, 3.8) is 0 Å². The second kappa shape index (κ2) is 1.63. The summed E-state index contributed by atoms with van der Waals surface area (Å²) in [6.07, 6.45) is 6.72. The zero-order valence-electron chi connectivity index (χ0n) is 2.24. The summed E-state index contributed by atoms with van der Waals surface area (Å²) in [5, 5.41) is 0. The molecule has 0 atom stereocenters. The fraction of sp³-hybridized carbons (Fsp3) is 0. The molecular weight excluding hydrogens is 90.4 g/mol. The van der Waals surface area contributed by atoms with Crippen LogP contribution >= 0.6 is 17.8 Å². The summed E-state index contributed by atoms with van der Waals surface area (Å²) in [5.41, 5.74) is 0. The van der Waals surface area contributed by atoms with Crippen LogP contribution in [-0.4, -0.2) is 12.6 Å². The number of hydrogen-bond donors (Lipinski definition) is 0. The highest BCUT2D eigenvalue weighted by Gasteiger charge is 1.36. The molecule has 0 unspecified atom stereocenters. The van der Waals surface area contributed by atoms with E-state index < -0.39 is 6.52 Å². The SMILES string of the molecule is C=P(=C)Cl. The molecule has 0 aliphatic rings. The average Bonchev–Trinajstić information content (AvgIpc) is 0.811. The Kier molecular flexibility index (Phi) is 1.76. The van der Waals surface area contributed by atoms with Crippen LogP contribution in [0.5, 0.6) is 0 Å². The van der Waals surface area contributed by atoms with Crippen LogP contribution in [0.25, 0.3) is 0 Å². The maximum Gasteiger partial charge on any atom is -0.0443 e. The fourth-order valence-corrected chi connectivity index (χ4v) is 0. The third-order valence-electron chi connectivity index (χ3n) is 0. The lowest BCUT2D eigenvalue weighted by Crippen LogP contribution is -1.04. The van der Waals surface area contributed by atoms with E-state index in [1.54, 1.807) is 0 Å². The van der Waals surface area contributed by atoms with Gasteiger partial charge in [-0.25, -0.2) is 0 Å². The lowest BCUT2D eigenvalue weighted by atomic mass is 12.0. The van der Waals surface area contributed by atoms with Crippen LogP contribution in [-0.2, 0) is 0 Å². The number of rotatable bonds is 0. The third-order valence-corrected chi connectivity index (χ3v) is 0. The van der Waals surface area contributed by atoms with Gasteiger partial charge < -0.3 is 0 Å². The van der Waals surface area contributed by atoms with Gasteiger partial charge in [0, 0.05) is 0 Å². The molecule has 0 aliphatic carbocycles. The number of hydrogen-bond acceptors (Lipinski definition) is 0. The van der Waals surface area contributed by atoms with Crippen molar-refractivity contribution < 1.29 is 0 Å². The van der Waals surface area contributed by atoms with Gasteiger partial charge in [0.05, 0.1) is 0 Å². The molecule has 0 bridgehead atoms. The van der Waals surface area contributed by atoms with Gasteiger partial charge in [-0.3, -0.25) is 0 Å². The Morgan fingerprint density at radius 1 is 1.50 bits per heavy atom. The third kappa shape index (κ3) is 37.8. The molecule has 0 rings (SSSR count). The molecule has 0 spiro atoms. The van der Waals surface area contributed by atoms with Gasteiger partial charge in [0.2, 0.25) is 0 Å². The molecule has 0 aliphatic heterocycles. The van der Waals surface area contributed by atoms with Crippen molar-refractivity contribution >= 4 is 30.4 Å². The van der Waals surface area contributed by atoms with Gasteiger partial charge in [-0.2, -0.15) is 0 Å². The van der Waals surface area contributed by atoms with E-state index in [-0.39, 0.29) is 0 Å². The summed E-state index contributed by atoms with van der Waals surface area (Å²) in [6, 6.07) is 0. The monoisotopic (exact) mass is 94.0 g/mol. The van der Waals surface area contributed by atoms with Crippen molar-refractivity contribution in [2.45, 2.75) is 0 Å². The van der Waals surface area contributed by atoms with Crippen LogP contribution in [0.1, 0.15) is 0 Å². The molecule has 24 valence electrons. The molecule has 0 aromatic rings. The Balaban J connectivity index is 3.51. The Bertz CT molecular complexity index is 54.4. The van der Waals surface area contributed by atoms with Crippen molar-refractivity contribution in [2.75, 3.05) is 0 Å². The molecule has 0 heterocycles. The highest BCUT2D eigenvalue weighted by atomic mass is 35.7. The Labute approximate surface area is 31.2 Å². The highest BCUT2D eigenvalue weighted by Crippen LogP contribution is 2.04. The molecule has 0 saturated heterocycles. The topological polar surface area (TPSA) is 0 Å². The van der Waals surface area contributed by atoms with E-state index in [9.17, 15) is 0 Å². The molecule has 0 fully saturated rings. The van der Waals surface area contributed by atoms with Gasteiger partial charge in [-0.1, -0.05) is 23.8 Å². The van der Waals surface area contributed by atoms with Gasteiger partial charge in [0.25, 0.3) is 0 Å². The summed E-state index contributed by atoms with van der Waals surface area (Å²) < 4.78 is 0. The molecule has 0 aromatic heterocycles. The molecule has 0 N–H and O–H groups in total.